The molecule has 2 heterocycles. The Morgan fingerprint density at radius 3 is 2.64 bits per heavy atom. The Hall–Kier alpha value is -2.78. The summed E-state index contributed by atoms with van der Waals surface area (Å²) in [5.41, 5.74) is 2.62. The van der Waals surface area contributed by atoms with E-state index >= 15 is 0 Å². The zero-order valence-electron chi connectivity index (χ0n) is 17.8. The summed E-state index contributed by atoms with van der Waals surface area (Å²) in [5.74, 6) is 0.252. The number of nitrogens with one attached hydrogen (secondary N) is 1. The van der Waals surface area contributed by atoms with E-state index < -0.39 is 22.0 Å². The van der Waals surface area contributed by atoms with Crippen molar-refractivity contribution in [3.05, 3.63) is 65.2 Å². The molecule has 0 bridgehead atoms. The number of thioether (sulfide) groups is 1. The molecule has 1 fully saturated rings. The van der Waals surface area contributed by atoms with E-state index in [9.17, 15) is 13.2 Å². The lowest BCUT2D eigenvalue weighted by Gasteiger charge is -2.23. The second-order valence-corrected chi connectivity index (χ2v) is 11.6. The van der Waals surface area contributed by atoms with Crippen LogP contribution in [-0.4, -0.2) is 41.4 Å². The molecular formula is C22H21N5O3S3. The number of carbonyl (C=O) groups excluding carboxylic acids is 1. The van der Waals surface area contributed by atoms with Gasteiger partial charge in [-0.3, -0.25) is 10.1 Å². The van der Waals surface area contributed by atoms with Crippen LogP contribution in [0.5, 0.6) is 0 Å². The molecule has 4 rings (SSSR count). The van der Waals surface area contributed by atoms with Crippen LogP contribution in [-0.2, 0) is 20.6 Å². The molecule has 1 atom stereocenters. The highest BCUT2D eigenvalue weighted by Crippen LogP contribution is 2.30. The fraction of sp³-hybridized carbons (Fsp3) is 0.273. The van der Waals surface area contributed by atoms with Gasteiger partial charge in [-0.05, 0) is 49.6 Å². The average Bonchev–Trinajstić information content (AvgIpc) is 3.48. The summed E-state index contributed by atoms with van der Waals surface area (Å²) in [6, 6.07) is 15.2. The topological polar surface area (TPSA) is 116 Å². The number of aryl methyl sites for hydroxylation is 1. The Balaban J connectivity index is 1.39. The van der Waals surface area contributed by atoms with Crippen molar-refractivity contribution < 1.29 is 13.2 Å². The van der Waals surface area contributed by atoms with Crippen molar-refractivity contribution in [2.45, 2.75) is 40.8 Å². The van der Waals surface area contributed by atoms with Gasteiger partial charge in [0.2, 0.25) is 21.1 Å². The molecule has 3 aromatic rings. The van der Waals surface area contributed by atoms with E-state index in [1.807, 2.05) is 19.1 Å². The van der Waals surface area contributed by atoms with Gasteiger partial charge in [0, 0.05) is 12.3 Å². The quantitative estimate of drug-likeness (QED) is 0.388. The van der Waals surface area contributed by atoms with Gasteiger partial charge < -0.3 is 0 Å². The predicted octanol–water partition coefficient (Wildman–Crippen LogP) is 3.80. The highest BCUT2D eigenvalue weighted by molar-refractivity contribution is 8.00. The molecule has 0 spiro atoms. The molecule has 1 aromatic heterocycles. The van der Waals surface area contributed by atoms with Crippen molar-refractivity contribution in [2.75, 3.05) is 11.9 Å². The van der Waals surface area contributed by atoms with E-state index in [2.05, 4.69) is 21.6 Å². The van der Waals surface area contributed by atoms with Crippen molar-refractivity contribution in [3.63, 3.8) is 0 Å². The van der Waals surface area contributed by atoms with Crippen LogP contribution in [0.25, 0.3) is 0 Å². The summed E-state index contributed by atoms with van der Waals surface area (Å²) in [6.07, 6.45) is 1.07. The summed E-state index contributed by atoms with van der Waals surface area (Å²) >= 11 is 2.72. The van der Waals surface area contributed by atoms with Gasteiger partial charge in [-0.15, -0.1) is 10.2 Å². The van der Waals surface area contributed by atoms with Gasteiger partial charge in [0.15, 0.2) is 4.34 Å². The number of sulfonamides is 1. The molecule has 0 saturated carbocycles. The number of amides is 1. The van der Waals surface area contributed by atoms with E-state index in [1.165, 1.54) is 27.4 Å². The molecule has 1 aliphatic rings. The normalized spacial score (nSPS) is 16.4. The van der Waals surface area contributed by atoms with Gasteiger partial charge in [-0.1, -0.05) is 52.9 Å². The lowest BCUT2D eigenvalue weighted by atomic mass is 10.2. The lowest BCUT2D eigenvalue weighted by molar-refractivity contribution is -0.119. The highest BCUT2D eigenvalue weighted by Gasteiger charge is 2.39. The number of benzene rings is 2. The maximum atomic E-state index is 13.1. The highest BCUT2D eigenvalue weighted by atomic mass is 32.2. The zero-order valence-corrected chi connectivity index (χ0v) is 20.2. The number of nitrogens with zero attached hydrogens (tertiary/aromatic N) is 4. The number of rotatable bonds is 7. The molecule has 1 aliphatic heterocycles. The van der Waals surface area contributed by atoms with E-state index in [4.69, 9.17) is 5.26 Å². The molecule has 0 radical (unpaired) electrons. The summed E-state index contributed by atoms with van der Waals surface area (Å²) in [5, 5.41) is 20.1. The molecule has 2 aromatic carbocycles. The summed E-state index contributed by atoms with van der Waals surface area (Å²) in [4.78, 5) is 13.1. The molecular weight excluding hydrogens is 478 g/mol. The van der Waals surface area contributed by atoms with Gasteiger partial charge >= 0.3 is 0 Å². The van der Waals surface area contributed by atoms with Crippen LogP contribution in [0, 0.1) is 18.3 Å². The minimum atomic E-state index is -3.77. The zero-order chi connectivity index (χ0) is 23.4. The maximum absolute atomic E-state index is 13.1. The number of carbonyl (C=O) groups is 1. The largest absolute Gasteiger partial charge is 0.299 e. The van der Waals surface area contributed by atoms with E-state index in [1.54, 1.807) is 36.4 Å². The van der Waals surface area contributed by atoms with Crippen molar-refractivity contribution in [1.29, 1.82) is 5.26 Å². The van der Waals surface area contributed by atoms with Crippen molar-refractivity contribution in [1.82, 2.24) is 14.5 Å². The van der Waals surface area contributed by atoms with Gasteiger partial charge in [-0.25, -0.2) is 8.42 Å². The minimum absolute atomic E-state index is 0.185. The Bertz CT molecular complexity index is 1280. The third-order valence-corrected chi connectivity index (χ3v) is 9.18. The molecule has 33 heavy (non-hydrogen) atoms. The maximum Gasteiger partial charge on any atom is 0.244 e. The smallest absolute Gasteiger partial charge is 0.244 e. The monoisotopic (exact) mass is 499 g/mol. The van der Waals surface area contributed by atoms with Crippen LogP contribution in [0.4, 0.5) is 5.13 Å². The number of nitriles is 1. The molecule has 1 saturated heterocycles. The summed E-state index contributed by atoms with van der Waals surface area (Å²) in [6.45, 7) is 2.19. The van der Waals surface area contributed by atoms with Crippen molar-refractivity contribution in [3.8, 4) is 6.07 Å². The van der Waals surface area contributed by atoms with Gasteiger partial charge in [0.05, 0.1) is 16.5 Å². The van der Waals surface area contributed by atoms with Crippen LogP contribution in [0.3, 0.4) is 0 Å². The summed E-state index contributed by atoms with van der Waals surface area (Å²) in [7, 11) is -3.77. The third kappa shape index (κ3) is 5.42. The molecule has 11 heteroatoms. The third-order valence-electron chi connectivity index (χ3n) is 5.22. The fourth-order valence-electron chi connectivity index (χ4n) is 3.46. The lowest BCUT2D eigenvalue weighted by Crippen LogP contribution is -2.43. The molecule has 8 nitrogen and oxygen atoms in total. The second kappa shape index (κ2) is 10.0. The van der Waals surface area contributed by atoms with E-state index in [0.29, 0.717) is 40.2 Å². The first-order chi connectivity index (χ1) is 15.9. The minimum Gasteiger partial charge on any atom is -0.299 e. The SMILES string of the molecule is Cc1ccc(S(=O)(=O)N2CCC[C@H]2C(=O)Nc2nnc(SCc3ccc(C#N)cc3)s2)cc1. The Morgan fingerprint density at radius 2 is 1.94 bits per heavy atom. The number of aromatic nitrogens is 2. The molecule has 1 N–H and O–H groups in total. The summed E-state index contributed by atoms with van der Waals surface area (Å²) < 4.78 is 28.1. The molecule has 0 aliphatic carbocycles. The first-order valence-electron chi connectivity index (χ1n) is 10.2. The Labute approximate surface area is 200 Å². The molecule has 0 unspecified atom stereocenters. The molecule has 170 valence electrons. The fourth-order valence-corrected chi connectivity index (χ4v) is 6.83. The van der Waals surface area contributed by atoms with Gasteiger partial charge in [0.25, 0.3) is 0 Å². The van der Waals surface area contributed by atoms with E-state index in [-0.39, 0.29) is 4.90 Å². The van der Waals surface area contributed by atoms with Gasteiger partial charge in [0.1, 0.15) is 6.04 Å². The molecule has 1 amide bonds. The number of hydrogen-bond donors (Lipinski definition) is 1. The Kier molecular flexibility index (Phi) is 7.09. The second-order valence-electron chi connectivity index (χ2n) is 7.55. The number of anilines is 1. The van der Waals surface area contributed by atoms with Gasteiger partial charge in [-0.2, -0.15) is 9.57 Å². The first kappa shape index (κ1) is 23.4. The average molecular weight is 500 g/mol. The van der Waals surface area contributed by atoms with Crippen LogP contribution >= 0.6 is 23.1 Å². The van der Waals surface area contributed by atoms with Crippen molar-refractivity contribution in [2.24, 2.45) is 0 Å². The first-order valence-corrected chi connectivity index (χ1v) is 13.5. The van der Waals surface area contributed by atoms with Crippen LogP contribution in [0.15, 0.2) is 57.8 Å². The van der Waals surface area contributed by atoms with Crippen LogP contribution in [0.2, 0.25) is 0 Å². The van der Waals surface area contributed by atoms with Crippen molar-refractivity contribution >= 4 is 44.2 Å². The van der Waals surface area contributed by atoms with Crippen LogP contribution < -0.4 is 5.32 Å². The van der Waals surface area contributed by atoms with E-state index in [0.717, 1.165) is 11.1 Å². The Morgan fingerprint density at radius 1 is 1.21 bits per heavy atom. The standard InChI is InChI=1S/C22H21N5O3S3/c1-15-4-10-18(11-5-15)33(29,30)27-12-2-3-19(27)20(28)24-21-25-26-22(32-21)31-14-17-8-6-16(13-23)7-9-17/h4-11,19H,2-3,12,14H2,1H3,(H,24,25,28)/t19-/m0/s1. The van der Waals surface area contributed by atoms with Crippen LogP contribution in [0.1, 0.15) is 29.5 Å². The number of hydrogen-bond acceptors (Lipinski definition) is 8. The predicted molar refractivity (Wildman–Crippen MR) is 127 cm³/mol.